The molecule has 86 valence electrons. The highest BCUT2D eigenvalue weighted by atomic mass is 16.5. The Labute approximate surface area is 98.3 Å². The van der Waals surface area contributed by atoms with Gasteiger partial charge in [-0.2, -0.15) is 0 Å². The Bertz CT molecular complexity index is 535. The van der Waals surface area contributed by atoms with Gasteiger partial charge in [-0.1, -0.05) is 0 Å². The van der Waals surface area contributed by atoms with Crippen LogP contribution in [-0.4, -0.2) is 11.4 Å². The molecule has 0 aliphatic heterocycles. The lowest BCUT2D eigenvalue weighted by Crippen LogP contribution is -1.89. The molecule has 0 heterocycles. The molecule has 4 heteroatoms. The maximum absolute atomic E-state index is 10.5. The van der Waals surface area contributed by atoms with Gasteiger partial charge in [-0.05, 0) is 36.4 Å². The van der Waals surface area contributed by atoms with Crippen molar-refractivity contribution < 1.29 is 14.6 Å². The fourth-order valence-corrected chi connectivity index (χ4v) is 1.35. The third kappa shape index (κ3) is 2.55. The van der Waals surface area contributed by atoms with Gasteiger partial charge in [-0.3, -0.25) is 4.79 Å². The number of carbonyl (C=O) groups is 1. The molecule has 0 aliphatic rings. The van der Waals surface area contributed by atoms with Gasteiger partial charge in [-0.15, -0.1) is 0 Å². The fraction of sp³-hybridized carbons (Fsp3) is 0. The Balaban J connectivity index is 2.19. The SMILES string of the molecule is Nc1cc(Oc2ccc(C=O)cc2)ccc1O. The van der Waals surface area contributed by atoms with E-state index in [2.05, 4.69) is 0 Å². The highest BCUT2D eigenvalue weighted by Gasteiger charge is 2.01. The second-order valence-corrected chi connectivity index (χ2v) is 3.51. The van der Waals surface area contributed by atoms with Gasteiger partial charge in [0, 0.05) is 11.6 Å². The molecule has 17 heavy (non-hydrogen) atoms. The number of ether oxygens (including phenoxy) is 1. The molecule has 2 aromatic carbocycles. The highest BCUT2D eigenvalue weighted by molar-refractivity contribution is 5.74. The van der Waals surface area contributed by atoms with Crippen molar-refractivity contribution in [3.05, 3.63) is 48.0 Å². The number of rotatable bonds is 3. The number of phenols is 1. The van der Waals surface area contributed by atoms with E-state index in [9.17, 15) is 9.90 Å². The van der Waals surface area contributed by atoms with Gasteiger partial charge >= 0.3 is 0 Å². The summed E-state index contributed by atoms with van der Waals surface area (Å²) in [5.41, 5.74) is 6.39. The summed E-state index contributed by atoms with van der Waals surface area (Å²) in [6.45, 7) is 0. The number of anilines is 1. The average molecular weight is 229 g/mol. The van der Waals surface area contributed by atoms with Crippen molar-refractivity contribution in [1.29, 1.82) is 0 Å². The van der Waals surface area contributed by atoms with Gasteiger partial charge in [-0.25, -0.2) is 0 Å². The maximum Gasteiger partial charge on any atom is 0.150 e. The van der Waals surface area contributed by atoms with Gasteiger partial charge < -0.3 is 15.6 Å². The second-order valence-electron chi connectivity index (χ2n) is 3.51. The number of aldehydes is 1. The van der Waals surface area contributed by atoms with E-state index in [0.29, 0.717) is 17.1 Å². The number of nitrogens with two attached hydrogens (primary N) is 1. The predicted octanol–water partition coefficient (Wildman–Crippen LogP) is 2.58. The minimum absolute atomic E-state index is 0.0219. The third-order valence-electron chi connectivity index (χ3n) is 2.25. The molecule has 4 nitrogen and oxygen atoms in total. The van der Waals surface area contributed by atoms with Crippen LogP contribution in [0.25, 0.3) is 0 Å². The lowest BCUT2D eigenvalue weighted by atomic mass is 10.2. The van der Waals surface area contributed by atoms with Crippen molar-refractivity contribution in [3.63, 3.8) is 0 Å². The van der Waals surface area contributed by atoms with Crippen LogP contribution in [0.1, 0.15) is 10.4 Å². The van der Waals surface area contributed by atoms with Crippen LogP contribution in [0.5, 0.6) is 17.2 Å². The van der Waals surface area contributed by atoms with E-state index in [1.165, 1.54) is 12.1 Å². The first kappa shape index (κ1) is 11.0. The van der Waals surface area contributed by atoms with Gasteiger partial charge in [0.1, 0.15) is 23.5 Å². The molecule has 0 saturated heterocycles. The quantitative estimate of drug-likeness (QED) is 0.482. The van der Waals surface area contributed by atoms with Crippen LogP contribution in [0, 0.1) is 0 Å². The van der Waals surface area contributed by atoms with E-state index in [0.717, 1.165) is 6.29 Å². The number of benzene rings is 2. The Morgan fingerprint density at radius 1 is 1.06 bits per heavy atom. The smallest absolute Gasteiger partial charge is 0.150 e. The summed E-state index contributed by atoms with van der Waals surface area (Å²) in [5, 5.41) is 9.26. The molecule has 2 rings (SSSR count). The average Bonchev–Trinajstić information content (AvgIpc) is 2.35. The zero-order valence-corrected chi connectivity index (χ0v) is 8.96. The van der Waals surface area contributed by atoms with E-state index >= 15 is 0 Å². The normalized spacial score (nSPS) is 9.88. The lowest BCUT2D eigenvalue weighted by molar-refractivity contribution is 0.112. The second kappa shape index (κ2) is 4.57. The monoisotopic (exact) mass is 229 g/mol. The number of aromatic hydroxyl groups is 1. The van der Waals surface area contributed by atoms with Gasteiger partial charge in [0.2, 0.25) is 0 Å². The standard InChI is InChI=1S/C13H11NO3/c14-12-7-11(5-6-13(12)16)17-10-3-1-9(8-15)2-4-10/h1-8,16H,14H2. The summed E-state index contributed by atoms with van der Waals surface area (Å²) in [7, 11) is 0. The molecule has 0 atom stereocenters. The number of nitrogen functional groups attached to an aromatic ring is 1. The zero-order chi connectivity index (χ0) is 12.3. The summed E-state index contributed by atoms with van der Waals surface area (Å²) in [6.07, 6.45) is 0.766. The van der Waals surface area contributed by atoms with Crippen molar-refractivity contribution >= 4 is 12.0 Å². The lowest BCUT2D eigenvalue weighted by Gasteiger charge is -2.07. The predicted molar refractivity (Wildman–Crippen MR) is 64.4 cm³/mol. The summed E-state index contributed by atoms with van der Waals surface area (Å²) in [5.74, 6) is 1.15. The maximum atomic E-state index is 10.5. The summed E-state index contributed by atoms with van der Waals surface area (Å²) in [6, 6.07) is 11.3. The molecule has 3 N–H and O–H groups in total. The number of hydrogen-bond acceptors (Lipinski definition) is 4. The van der Waals surface area contributed by atoms with Gasteiger partial charge in [0.15, 0.2) is 0 Å². The largest absolute Gasteiger partial charge is 0.506 e. The van der Waals surface area contributed by atoms with E-state index < -0.39 is 0 Å². The minimum atomic E-state index is 0.0219. The first-order valence-corrected chi connectivity index (χ1v) is 5.00. The molecule has 0 unspecified atom stereocenters. The first-order chi connectivity index (χ1) is 8.19. The van der Waals surface area contributed by atoms with Crippen LogP contribution < -0.4 is 10.5 Å². The molecular formula is C13H11NO3. The van der Waals surface area contributed by atoms with Crippen molar-refractivity contribution in [2.45, 2.75) is 0 Å². The van der Waals surface area contributed by atoms with Crippen LogP contribution in [0.3, 0.4) is 0 Å². The number of carbonyl (C=O) groups excluding carboxylic acids is 1. The van der Waals surface area contributed by atoms with Gasteiger partial charge in [0.05, 0.1) is 5.69 Å². The van der Waals surface area contributed by atoms with Crippen molar-refractivity contribution in [2.75, 3.05) is 5.73 Å². The molecule has 0 fully saturated rings. The van der Waals surface area contributed by atoms with Crippen LogP contribution in [0.15, 0.2) is 42.5 Å². The number of hydrogen-bond donors (Lipinski definition) is 2. The van der Waals surface area contributed by atoms with E-state index in [4.69, 9.17) is 10.5 Å². The summed E-state index contributed by atoms with van der Waals surface area (Å²) < 4.78 is 5.51. The van der Waals surface area contributed by atoms with Gasteiger partial charge in [0.25, 0.3) is 0 Å². The Morgan fingerprint density at radius 2 is 1.71 bits per heavy atom. The first-order valence-electron chi connectivity index (χ1n) is 5.00. The third-order valence-corrected chi connectivity index (χ3v) is 2.25. The molecule has 0 aromatic heterocycles. The fourth-order valence-electron chi connectivity index (χ4n) is 1.35. The topological polar surface area (TPSA) is 72.5 Å². The molecule has 0 radical (unpaired) electrons. The van der Waals surface area contributed by atoms with Crippen LogP contribution >= 0.6 is 0 Å². The summed E-state index contributed by atoms with van der Waals surface area (Å²) >= 11 is 0. The van der Waals surface area contributed by atoms with Crippen molar-refractivity contribution in [3.8, 4) is 17.2 Å². The summed E-state index contributed by atoms with van der Waals surface area (Å²) in [4.78, 5) is 10.5. The minimum Gasteiger partial charge on any atom is -0.506 e. The van der Waals surface area contributed by atoms with E-state index in [-0.39, 0.29) is 11.4 Å². The molecule has 0 saturated carbocycles. The van der Waals surface area contributed by atoms with Crippen LogP contribution in [-0.2, 0) is 0 Å². The highest BCUT2D eigenvalue weighted by Crippen LogP contribution is 2.28. The van der Waals surface area contributed by atoms with Crippen LogP contribution in [0.2, 0.25) is 0 Å². The molecule has 0 bridgehead atoms. The Hall–Kier alpha value is -2.49. The zero-order valence-electron chi connectivity index (χ0n) is 8.96. The molecular weight excluding hydrogens is 218 g/mol. The van der Waals surface area contributed by atoms with Crippen molar-refractivity contribution in [1.82, 2.24) is 0 Å². The molecule has 0 amide bonds. The number of phenolic OH excluding ortho intramolecular Hbond substituents is 1. The molecule has 2 aromatic rings. The Kier molecular flexibility index (Phi) is 2.96. The van der Waals surface area contributed by atoms with E-state index in [1.54, 1.807) is 30.3 Å². The van der Waals surface area contributed by atoms with Crippen molar-refractivity contribution in [2.24, 2.45) is 0 Å². The van der Waals surface area contributed by atoms with Crippen LogP contribution in [0.4, 0.5) is 5.69 Å². The molecule has 0 spiro atoms. The molecule has 0 aliphatic carbocycles. The van der Waals surface area contributed by atoms with E-state index in [1.807, 2.05) is 0 Å². The Morgan fingerprint density at radius 3 is 2.29 bits per heavy atom.